The second-order valence-corrected chi connectivity index (χ2v) is 8.50. The molecule has 0 amide bonds. The van der Waals surface area contributed by atoms with Gasteiger partial charge in [-0.1, -0.05) is 0 Å². The Bertz CT molecular complexity index is 585. The first-order chi connectivity index (χ1) is 10.8. The maximum absolute atomic E-state index is 12.4. The molecular formula is C17H25IN2O3. The minimum Gasteiger partial charge on any atom is -0.460 e. The minimum absolute atomic E-state index is 0.0393. The first-order valence-electron chi connectivity index (χ1n) is 8.41. The van der Waals surface area contributed by atoms with Crippen LogP contribution < -0.4 is 0 Å². The van der Waals surface area contributed by atoms with Crippen LogP contribution in [-0.2, 0) is 27.1 Å². The van der Waals surface area contributed by atoms with Crippen LogP contribution in [0.4, 0.5) is 0 Å². The second kappa shape index (κ2) is 6.70. The smallest absolute Gasteiger partial charge is 0.309 e. The number of nitrogens with zero attached hydrogens (tertiary/aromatic N) is 2. The fourth-order valence-electron chi connectivity index (χ4n) is 3.42. The molecule has 6 heteroatoms. The topological polar surface area (TPSA) is 53.3 Å². The van der Waals surface area contributed by atoms with Gasteiger partial charge in [0.15, 0.2) is 0 Å². The second-order valence-electron chi connectivity index (χ2n) is 7.48. The van der Waals surface area contributed by atoms with E-state index >= 15 is 0 Å². The summed E-state index contributed by atoms with van der Waals surface area (Å²) in [5.41, 5.74) is 2.15. The number of fused-ring (bicyclic) bond motifs is 1. The van der Waals surface area contributed by atoms with Gasteiger partial charge >= 0.3 is 5.97 Å². The lowest BCUT2D eigenvalue weighted by Gasteiger charge is -2.28. The van der Waals surface area contributed by atoms with Gasteiger partial charge in [0.05, 0.1) is 12.0 Å². The molecule has 1 unspecified atom stereocenters. The number of esters is 1. The number of aromatic nitrogens is 2. The predicted molar refractivity (Wildman–Crippen MR) is 95.4 cm³/mol. The van der Waals surface area contributed by atoms with Crippen molar-refractivity contribution in [1.82, 2.24) is 9.78 Å². The Morgan fingerprint density at radius 2 is 2.00 bits per heavy atom. The van der Waals surface area contributed by atoms with Crippen molar-refractivity contribution >= 4 is 28.6 Å². The molecule has 0 saturated carbocycles. The number of rotatable bonds is 2. The van der Waals surface area contributed by atoms with Crippen molar-refractivity contribution in [2.75, 3.05) is 13.2 Å². The summed E-state index contributed by atoms with van der Waals surface area (Å²) in [6, 6.07) is 0.444. The van der Waals surface area contributed by atoms with Crippen molar-refractivity contribution in [3.63, 3.8) is 0 Å². The summed E-state index contributed by atoms with van der Waals surface area (Å²) in [5.74, 6) is -0.111. The van der Waals surface area contributed by atoms with Crippen molar-refractivity contribution in [3.05, 3.63) is 15.0 Å². The van der Waals surface area contributed by atoms with E-state index in [-0.39, 0.29) is 11.9 Å². The molecule has 23 heavy (non-hydrogen) atoms. The average molecular weight is 432 g/mol. The van der Waals surface area contributed by atoms with Gasteiger partial charge < -0.3 is 9.47 Å². The molecule has 1 aromatic heterocycles. The Kier molecular flexibility index (Phi) is 5.01. The molecule has 0 aromatic carbocycles. The summed E-state index contributed by atoms with van der Waals surface area (Å²) in [7, 11) is 0. The third kappa shape index (κ3) is 3.90. The largest absolute Gasteiger partial charge is 0.460 e. The number of hydrogen-bond acceptors (Lipinski definition) is 4. The molecule has 1 saturated heterocycles. The van der Waals surface area contributed by atoms with Crippen LogP contribution >= 0.6 is 22.6 Å². The Morgan fingerprint density at radius 3 is 2.65 bits per heavy atom. The van der Waals surface area contributed by atoms with Crippen molar-refractivity contribution in [1.29, 1.82) is 0 Å². The Balaban J connectivity index is 1.76. The number of halogens is 1. The van der Waals surface area contributed by atoms with Crippen LogP contribution in [0.2, 0.25) is 0 Å². The number of hydrogen-bond donors (Lipinski definition) is 0. The molecule has 5 nitrogen and oxygen atoms in total. The summed E-state index contributed by atoms with van der Waals surface area (Å²) >= 11 is 2.31. The van der Waals surface area contributed by atoms with Crippen molar-refractivity contribution in [3.8, 4) is 0 Å². The molecule has 0 radical (unpaired) electrons. The van der Waals surface area contributed by atoms with E-state index in [1.807, 2.05) is 20.8 Å². The zero-order valence-corrected chi connectivity index (χ0v) is 16.3. The molecule has 2 aliphatic rings. The van der Waals surface area contributed by atoms with E-state index in [4.69, 9.17) is 14.6 Å². The van der Waals surface area contributed by atoms with Gasteiger partial charge in [-0.25, -0.2) is 0 Å². The predicted octanol–water partition coefficient (Wildman–Crippen LogP) is 3.29. The maximum atomic E-state index is 12.4. The first kappa shape index (κ1) is 17.2. The van der Waals surface area contributed by atoms with Gasteiger partial charge in [0.1, 0.15) is 9.30 Å². The molecule has 0 bridgehead atoms. The summed E-state index contributed by atoms with van der Waals surface area (Å²) in [6.45, 7) is 7.40. The Hall–Kier alpha value is -0.630. The molecule has 2 heterocycles. The number of carbonyl (C=O) groups is 1. The van der Waals surface area contributed by atoms with E-state index in [9.17, 15) is 4.79 Å². The highest BCUT2D eigenvalue weighted by Crippen LogP contribution is 2.34. The highest BCUT2D eigenvalue weighted by atomic mass is 127. The maximum Gasteiger partial charge on any atom is 0.309 e. The lowest BCUT2D eigenvalue weighted by molar-refractivity contribution is -0.160. The third-order valence-corrected chi connectivity index (χ3v) is 5.39. The van der Waals surface area contributed by atoms with Gasteiger partial charge in [-0.2, -0.15) is 5.10 Å². The summed E-state index contributed by atoms with van der Waals surface area (Å²) in [6.07, 6.45) is 4.57. The summed E-state index contributed by atoms with van der Waals surface area (Å²) in [4.78, 5) is 12.4. The summed E-state index contributed by atoms with van der Waals surface area (Å²) < 4.78 is 14.3. The van der Waals surface area contributed by atoms with Gasteiger partial charge in [-0.05, 0) is 75.5 Å². The van der Waals surface area contributed by atoms with Crippen LogP contribution in [-0.4, -0.2) is 34.6 Å². The van der Waals surface area contributed by atoms with Crippen LogP contribution in [0.15, 0.2) is 0 Å². The van der Waals surface area contributed by atoms with Gasteiger partial charge in [-0.3, -0.25) is 9.48 Å². The molecule has 1 aliphatic carbocycles. The lowest BCUT2D eigenvalue weighted by atomic mass is 9.87. The number of carbonyl (C=O) groups excluding carboxylic acids is 1. The van der Waals surface area contributed by atoms with Crippen molar-refractivity contribution in [2.24, 2.45) is 5.92 Å². The molecule has 1 atom stereocenters. The monoisotopic (exact) mass is 432 g/mol. The zero-order chi connectivity index (χ0) is 16.6. The molecule has 1 aliphatic heterocycles. The lowest BCUT2D eigenvalue weighted by Crippen LogP contribution is -2.32. The van der Waals surface area contributed by atoms with Gasteiger partial charge in [0.2, 0.25) is 0 Å². The summed E-state index contributed by atoms with van der Waals surface area (Å²) in [5, 5.41) is 4.78. The van der Waals surface area contributed by atoms with E-state index in [1.165, 1.54) is 11.3 Å². The van der Waals surface area contributed by atoms with Gasteiger partial charge in [0, 0.05) is 24.5 Å². The zero-order valence-electron chi connectivity index (χ0n) is 14.1. The normalized spacial score (nSPS) is 22.7. The molecule has 128 valence electrons. The molecule has 1 aromatic rings. The first-order valence-corrected chi connectivity index (χ1v) is 9.49. The van der Waals surface area contributed by atoms with Crippen LogP contribution in [0.1, 0.15) is 57.3 Å². The SMILES string of the molecule is CC(C)(C)OC(=O)C1CCc2c(c(I)nn2C2CCOCC2)C1. The molecular weight excluding hydrogens is 407 g/mol. The Labute approximate surface area is 151 Å². The minimum atomic E-state index is -0.420. The van der Waals surface area contributed by atoms with Crippen LogP contribution in [0, 0.1) is 9.62 Å². The van der Waals surface area contributed by atoms with E-state index in [2.05, 4.69) is 27.3 Å². The van der Waals surface area contributed by atoms with E-state index < -0.39 is 5.60 Å². The standard InChI is InChI=1S/C17H25IN2O3/c1-17(2,3)23-16(21)11-4-5-14-13(10-11)15(18)19-20(14)12-6-8-22-9-7-12/h11-12H,4-10H2,1-3H3. The van der Waals surface area contributed by atoms with E-state index in [1.54, 1.807) is 0 Å². The van der Waals surface area contributed by atoms with Crippen molar-refractivity contribution < 1.29 is 14.3 Å². The molecule has 1 fully saturated rings. The van der Waals surface area contributed by atoms with Crippen molar-refractivity contribution in [2.45, 2.75) is 64.5 Å². The van der Waals surface area contributed by atoms with Crippen LogP contribution in [0.3, 0.4) is 0 Å². The molecule has 0 N–H and O–H groups in total. The van der Waals surface area contributed by atoms with Crippen LogP contribution in [0.25, 0.3) is 0 Å². The van der Waals surface area contributed by atoms with Crippen LogP contribution in [0.5, 0.6) is 0 Å². The number of ether oxygens (including phenoxy) is 2. The third-order valence-electron chi connectivity index (χ3n) is 4.53. The average Bonchev–Trinajstić information content (AvgIpc) is 2.83. The fourth-order valence-corrected chi connectivity index (χ4v) is 4.18. The molecule has 3 rings (SSSR count). The van der Waals surface area contributed by atoms with E-state index in [0.29, 0.717) is 6.04 Å². The molecule has 0 spiro atoms. The highest BCUT2D eigenvalue weighted by molar-refractivity contribution is 14.1. The van der Waals surface area contributed by atoms with Gasteiger partial charge in [0.25, 0.3) is 0 Å². The van der Waals surface area contributed by atoms with Gasteiger partial charge in [-0.15, -0.1) is 0 Å². The van der Waals surface area contributed by atoms with E-state index in [0.717, 1.165) is 49.0 Å². The Morgan fingerprint density at radius 1 is 1.30 bits per heavy atom. The highest BCUT2D eigenvalue weighted by Gasteiger charge is 2.33. The quantitative estimate of drug-likeness (QED) is 0.532. The fraction of sp³-hybridized carbons (Fsp3) is 0.765.